The van der Waals surface area contributed by atoms with Gasteiger partial charge >= 0.3 is 12.2 Å². The van der Waals surface area contributed by atoms with Crippen LogP contribution in [0.3, 0.4) is 0 Å². The lowest BCUT2D eigenvalue weighted by Crippen LogP contribution is -2.05. The molecule has 2 rings (SSSR count). The Balaban J connectivity index is 0.000000180. The summed E-state index contributed by atoms with van der Waals surface area (Å²) in [6.07, 6.45) is 3.50. The van der Waals surface area contributed by atoms with Gasteiger partial charge in [0.2, 0.25) is 0 Å². The Morgan fingerprint density at radius 1 is 0.944 bits per heavy atom. The highest BCUT2D eigenvalue weighted by atomic mass is 16.4. The second kappa shape index (κ2) is 6.52. The van der Waals surface area contributed by atoms with Gasteiger partial charge in [-0.3, -0.25) is 20.8 Å². The minimum Gasteiger partial charge on any atom is -0.465 e. The Morgan fingerprint density at radius 3 is 1.56 bits per heavy atom. The number of carbonyl (C=O) groups is 2. The van der Waals surface area contributed by atoms with E-state index in [1.54, 1.807) is 0 Å². The number of nitrogens with zero attached hydrogens (tertiary/aromatic N) is 2. The van der Waals surface area contributed by atoms with E-state index in [4.69, 9.17) is 10.2 Å². The highest BCUT2D eigenvalue weighted by molar-refractivity contribution is 5.82. The number of H-pyrrole nitrogens is 2. The summed E-state index contributed by atoms with van der Waals surface area (Å²) >= 11 is 0. The van der Waals surface area contributed by atoms with Gasteiger partial charge in [-0.25, -0.2) is 9.59 Å². The lowest BCUT2D eigenvalue weighted by atomic mass is 10.6. The maximum Gasteiger partial charge on any atom is 0.409 e. The van der Waals surface area contributed by atoms with Crippen molar-refractivity contribution in [1.82, 2.24) is 20.4 Å². The van der Waals surface area contributed by atoms with Gasteiger partial charge < -0.3 is 10.2 Å². The molecule has 0 unspecified atom stereocenters. The van der Waals surface area contributed by atoms with Crippen molar-refractivity contribution in [2.75, 3.05) is 10.6 Å². The SMILES string of the molecule is O=C(O)Nc1cn[nH]c1.O=C(O)Nc1cn[nH]c1. The molecule has 0 saturated heterocycles. The number of rotatable bonds is 2. The van der Waals surface area contributed by atoms with Gasteiger partial charge in [-0.05, 0) is 0 Å². The molecule has 6 N–H and O–H groups in total. The molecule has 0 aliphatic heterocycles. The van der Waals surface area contributed by atoms with Crippen LogP contribution in [0.25, 0.3) is 0 Å². The van der Waals surface area contributed by atoms with E-state index in [1.807, 2.05) is 0 Å². The Hall–Kier alpha value is -3.04. The van der Waals surface area contributed by atoms with E-state index in [1.165, 1.54) is 24.8 Å². The van der Waals surface area contributed by atoms with E-state index < -0.39 is 12.2 Å². The molecule has 0 aliphatic rings. The minimum atomic E-state index is -1.09. The third-order valence-corrected chi connectivity index (χ3v) is 1.50. The number of anilines is 2. The van der Waals surface area contributed by atoms with Crippen LogP contribution in [0.1, 0.15) is 0 Å². The van der Waals surface area contributed by atoms with Gasteiger partial charge in [-0.2, -0.15) is 10.2 Å². The van der Waals surface area contributed by atoms with E-state index >= 15 is 0 Å². The van der Waals surface area contributed by atoms with Crippen LogP contribution >= 0.6 is 0 Å². The second-order valence-corrected chi connectivity index (χ2v) is 2.83. The number of nitrogens with one attached hydrogen (secondary N) is 4. The first-order valence-corrected chi connectivity index (χ1v) is 4.55. The predicted molar refractivity (Wildman–Crippen MR) is 60.5 cm³/mol. The standard InChI is InChI=1S/2C4H5N3O2/c2*8-4(9)7-3-1-5-6-2-3/h2*1-2,7H,(H,5,6)(H,8,9). The number of amides is 2. The van der Waals surface area contributed by atoms with Gasteiger partial charge in [0.15, 0.2) is 0 Å². The molecular weight excluding hydrogens is 244 g/mol. The lowest BCUT2D eigenvalue weighted by Gasteiger charge is -1.90. The summed E-state index contributed by atoms with van der Waals surface area (Å²) in [4.78, 5) is 19.8. The number of aromatic nitrogens is 4. The topological polar surface area (TPSA) is 156 Å². The van der Waals surface area contributed by atoms with E-state index in [9.17, 15) is 9.59 Å². The van der Waals surface area contributed by atoms with Crippen molar-refractivity contribution < 1.29 is 19.8 Å². The molecule has 0 saturated carbocycles. The molecule has 0 aromatic carbocycles. The number of aromatic amines is 2. The predicted octanol–water partition coefficient (Wildman–Crippen LogP) is 0.999. The third kappa shape index (κ3) is 5.16. The molecule has 0 bridgehead atoms. The molecule has 10 heteroatoms. The maximum absolute atomic E-state index is 9.91. The fraction of sp³-hybridized carbons (Fsp3) is 0. The molecule has 0 spiro atoms. The van der Waals surface area contributed by atoms with E-state index in [2.05, 4.69) is 31.0 Å². The van der Waals surface area contributed by atoms with E-state index in [0.29, 0.717) is 11.4 Å². The minimum absolute atomic E-state index is 0.447. The second-order valence-electron chi connectivity index (χ2n) is 2.83. The van der Waals surface area contributed by atoms with Gasteiger partial charge in [0.1, 0.15) is 0 Å². The molecule has 2 amide bonds. The first-order valence-electron chi connectivity index (χ1n) is 4.55. The van der Waals surface area contributed by atoms with Crippen LogP contribution in [0.5, 0.6) is 0 Å². The summed E-state index contributed by atoms with van der Waals surface area (Å²) in [6, 6.07) is 0. The molecule has 2 heterocycles. The summed E-state index contributed by atoms with van der Waals surface area (Å²) in [5, 5.41) is 32.4. The van der Waals surface area contributed by atoms with Gasteiger partial charge in [0.25, 0.3) is 0 Å². The Kier molecular flexibility index (Phi) is 4.72. The van der Waals surface area contributed by atoms with Crippen LogP contribution in [0.4, 0.5) is 21.0 Å². The quantitative estimate of drug-likeness (QED) is 0.469. The van der Waals surface area contributed by atoms with Crippen LogP contribution in [0, 0.1) is 0 Å². The van der Waals surface area contributed by atoms with Crippen LogP contribution in [-0.2, 0) is 0 Å². The lowest BCUT2D eigenvalue weighted by molar-refractivity contribution is 0.208. The van der Waals surface area contributed by atoms with Gasteiger partial charge in [0.05, 0.1) is 23.8 Å². The van der Waals surface area contributed by atoms with Crippen molar-refractivity contribution in [2.45, 2.75) is 0 Å². The van der Waals surface area contributed by atoms with Crippen molar-refractivity contribution in [1.29, 1.82) is 0 Å². The average molecular weight is 254 g/mol. The molecule has 96 valence electrons. The van der Waals surface area contributed by atoms with Gasteiger partial charge in [-0.15, -0.1) is 0 Å². The number of carboxylic acid groups (broad SMARTS) is 2. The zero-order chi connectivity index (χ0) is 13.4. The molecule has 0 atom stereocenters. The Bertz CT molecular complexity index is 433. The molecule has 18 heavy (non-hydrogen) atoms. The average Bonchev–Trinajstić information content (AvgIpc) is 2.90. The van der Waals surface area contributed by atoms with Crippen molar-refractivity contribution in [3.8, 4) is 0 Å². The highest BCUT2D eigenvalue weighted by Gasteiger charge is 1.96. The van der Waals surface area contributed by atoms with Crippen molar-refractivity contribution in [3.05, 3.63) is 24.8 Å². The van der Waals surface area contributed by atoms with Crippen molar-refractivity contribution in [3.63, 3.8) is 0 Å². The van der Waals surface area contributed by atoms with Gasteiger partial charge in [-0.1, -0.05) is 0 Å². The smallest absolute Gasteiger partial charge is 0.409 e. The highest BCUT2D eigenvalue weighted by Crippen LogP contribution is 1.99. The van der Waals surface area contributed by atoms with Gasteiger partial charge in [0, 0.05) is 12.4 Å². The largest absolute Gasteiger partial charge is 0.465 e. The summed E-state index contributed by atoms with van der Waals surface area (Å²) in [5.74, 6) is 0. The van der Waals surface area contributed by atoms with Crippen molar-refractivity contribution >= 4 is 23.6 Å². The molecule has 0 radical (unpaired) electrons. The van der Waals surface area contributed by atoms with Crippen LogP contribution in [-0.4, -0.2) is 42.8 Å². The summed E-state index contributed by atoms with van der Waals surface area (Å²) in [6.45, 7) is 0. The Labute approximate surface area is 100 Å². The fourth-order valence-corrected chi connectivity index (χ4v) is 0.885. The summed E-state index contributed by atoms with van der Waals surface area (Å²) in [7, 11) is 0. The van der Waals surface area contributed by atoms with Crippen LogP contribution < -0.4 is 10.6 Å². The normalized spacial score (nSPS) is 8.89. The number of hydrogen-bond donors (Lipinski definition) is 6. The first-order chi connectivity index (χ1) is 8.58. The summed E-state index contributed by atoms with van der Waals surface area (Å²) in [5.41, 5.74) is 0.894. The van der Waals surface area contributed by atoms with Crippen LogP contribution in [0.2, 0.25) is 0 Å². The molecule has 2 aromatic rings. The van der Waals surface area contributed by atoms with E-state index in [-0.39, 0.29) is 0 Å². The zero-order valence-corrected chi connectivity index (χ0v) is 8.91. The molecule has 0 aliphatic carbocycles. The van der Waals surface area contributed by atoms with Crippen molar-refractivity contribution in [2.24, 2.45) is 0 Å². The molecule has 2 aromatic heterocycles. The van der Waals surface area contributed by atoms with E-state index in [0.717, 1.165) is 0 Å². The zero-order valence-electron chi connectivity index (χ0n) is 8.91. The maximum atomic E-state index is 9.91. The fourth-order valence-electron chi connectivity index (χ4n) is 0.885. The molecular formula is C8H10N6O4. The van der Waals surface area contributed by atoms with Crippen LogP contribution in [0.15, 0.2) is 24.8 Å². The first kappa shape index (κ1) is 13.0. The Morgan fingerprint density at radius 2 is 1.33 bits per heavy atom. The monoisotopic (exact) mass is 254 g/mol. The third-order valence-electron chi connectivity index (χ3n) is 1.50. The molecule has 0 fully saturated rings. The summed E-state index contributed by atoms with van der Waals surface area (Å²) < 4.78 is 0. The number of hydrogen-bond acceptors (Lipinski definition) is 4. The molecule has 10 nitrogen and oxygen atoms in total.